The highest BCUT2D eigenvalue weighted by Gasteiger charge is 2.02. The lowest BCUT2D eigenvalue weighted by Gasteiger charge is -2.06. The Kier molecular flexibility index (Phi) is 6.54. The molecule has 0 aliphatic heterocycles. The van der Waals surface area contributed by atoms with Gasteiger partial charge in [0.2, 0.25) is 0 Å². The van der Waals surface area contributed by atoms with E-state index < -0.39 is 0 Å². The Morgan fingerprint density at radius 2 is 1.23 bits per heavy atom. The summed E-state index contributed by atoms with van der Waals surface area (Å²) < 4.78 is 24.1. The number of halogens is 2. The van der Waals surface area contributed by atoms with Crippen LogP contribution in [0, 0.1) is 41.5 Å². The minimum Gasteiger partial charge on any atom is -0.294 e. The molecular formula is C19H24F2O. The molecule has 0 aromatic heterocycles. The summed E-state index contributed by atoms with van der Waals surface area (Å²) in [5.41, 5.74) is 7.46. The largest absolute Gasteiger partial charge is 0.294 e. The minimum absolute atomic E-state index is 0.283. The molecule has 0 saturated heterocycles. The quantitative estimate of drug-likeness (QED) is 0.665. The van der Waals surface area contributed by atoms with Crippen molar-refractivity contribution in [3.8, 4) is 5.75 Å². The molecule has 0 aliphatic carbocycles. The van der Waals surface area contributed by atoms with Gasteiger partial charge in [-0.15, -0.1) is 0 Å². The average Bonchev–Trinajstić information content (AvgIpc) is 2.44. The van der Waals surface area contributed by atoms with E-state index in [0.29, 0.717) is 0 Å². The fourth-order valence-electron chi connectivity index (χ4n) is 2.46. The molecule has 0 unspecified atom stereocenters. The molecule has 0 heterocycles. The Balaban J connectivity index is 0.000000220. The number of hydrogen-bond donors (Lipinski definition) is 0. The zero-order chi connectivity index (χ0) is 16.9. The second-order valence-electron chi connectivity index (χ2n) is 5.77. The molecule has 0 aliphatic rings. The van der Waals surface area contributed by atoms with E-state index >= 15 is 0 Å². The number of alkyl halides is 1. The minimum atomic E-state index is -0.349. The highest BCUT2D eigenvalue weighted by atomic mass is 19.3. The van der Waals surface area contributed by atoms with Crippen LogP contribution in [-0.2, 0) is 6.67 Å². The van der Waals surface area contributed by atoms with Crippen molar-refractivity contribution in [3.05, 3.63) is 63.2 Å². The molecule has 0 radical (unpaired) electrons. The third-order valence-electron chi connectivity index (χ3n) is 3.96. The van der Waals surface area contributed by atoms with Crippen LogP contribution in [0.15, 0.2) is 24.3 Å². The van der Waals surface area contributed by atoms with Gasteiger partial charge in [-0.1, -0.05) is 17.7 Å². The maximum Gasteiger partial charge on any atom is 0.172 e. The lowest BCUT2D eigenvalue weighted by molar-refractivity contribution is -0.00634. The highest BCUT2D eigenvalue weighted by molar-refractivity contribution is 5.39. The zero-order valence-corrected chi connectivity index (χ0v) is 14.2. The predicted molar refractivity (Wildman–Crippen MR) is 87.9 cm³/mol. The van der Waals surface area contributed by atoms with Crippen LogP contribution in [0.4, 0.5) is 8.92 Å². The molecule has 3 heteroatoms. The monoisotopic (exact) mass is 306 g/mol. The highest BCUT2D eigenvalue weighted by Crippen LogP contribution is 2.20. The van der Waals surface area contributed by atoms with E-state index in [1.165, 1.54) is 11.1 Å². The van der Waals surface area contributed by atoms with Crippen LogP contribution in [0.1, 0.15) is 38.9 Å². The number of hydrogen-bond acceptors (Lipinski definition) is 1. The van der Waals surface area contributed by atoms with E-state index in [-0.39, 0.29) is 12.4 Å². The van der Waals surface area contributed by atoms with E-state index in [4.69, 9.17) is 0 Å². The number of benzene rings is 2. The normalized spacial score (nSPS) is 10.0. The van der Waals surface area contributed by atoms with Crippen LogP contribution in [0.5, 0.6) is 5.75 Å². The lowest BCUT2D eigenvalue weighted by atomic mass is 10.0. The van der Waals surface area contributed by atoms with Gasteiger partial charge in [-0.25, -0.2) is 4.39 Å². The first-order valence-electron chi connectivity index (χ1n) is 7.29. The van der Waals surface area contributed by atoms with Gasteiger partial charge >= 0.3 is 0 Å². The third-order valence-corrected chi connectivity index (χ3v) is 3.96. The van der Waals surface area contributed by atoms with Crippen molar-refractivity contribution in [1.82, 2.24) is 0 Å². The van der Waals surface area contributed by atoms with Gasteiger partial charge < -0.3 is 0 Å². The number of rotatable bonds is 2. The lowest BCUT2D eigenvalue weighted by Crippen LogP contribution is -1.91. The summed E-state index contributed by atoms with van der Waals surface area (Å²) in [5.74, 6) is 0.283. The molecule has 0 saturated carbocycles. The molecule has 2 aromatic carbocycles. The van der Waals surface area contributed by atoms with Gasteiger partial charge in [0.25, 0.3) is 0 Å². The summed E-state index contributed by atoms with van der Waals surface area (Å²) in [4.78, 5) is 3.63. The molecule has 22 heavy (non-hydrogen) atoms. The van der Waals surface area contributed by atoms with Crippen LogP contribution in [0.25, 0.3) is 0 Å². The van der Waals surface area contributed by atoms with Gasteiger partial charge in [0.05, 0.1) is 0 Å². The van der Waals surface area contributed by atoms with Crippen molar-refractivity contribution < 1.29 is 13.9 Å². The Hall–Kier alpha value is -1.90. The first-order valence-corrected chi connectivity index (χ1v) is 7.29. The summed E-state index contributed by atoms with van der Waals surface area (Å²) >= 11 is 0. The van der Waals surface area contributed by atoms with Crippen molar-refractivity contribution in [2.45, 2.75) is 48.2 Å². The van der Waals surface area contributed by atoms with Crippen molar-refractivity contribution >= 4 is 0 Å². The molecule has 0 spiro atoms. The number of aryl methyl sites for hydroxylation is 5. The van der Waals surface area contributed by atoms with Crippen molar-refractivity contribution in [1.29, 1.82) is 0 Å². The topological polar surface area (TPSA) is 9.23 Å². The Labute approximate surface area is 131 Å². The molecule has 2 rings (SSSR count). The summed E-state index contributed by atoms with van der Waals surface area (Å²) in [5, 5.41) is 0. The van der Waals surface area contributed by atoms with Gasteiger partial charge in [0, 0.05) is 4.53 Å². The SMILES string of the molecule is Cc1cc(C)c(CF)c(C)c1.Cc1cc(OF)cc(C)c1C. The fourth-order valence-corrected chi connectivity index (χ4v) is 2.46. The van der Waals surface area contributed by atoms with Crippen molar-refractivity contribution in [3.63, 3.8) is 0 Å². The van der Waals surface area contributed by atoms with Gasteiger partial charge in [-0.05, 0) is 87.1 Å². The first-order chi connectivity index (χ1) is 10.3. The van der Waals surface area contributed by atoms with Crippen LogP contribution in [0.2, 0.25) is 0 Å². The Morgan fingerprint density at radius 3 is 1.59 bits per heavy atom. The van der Waals surface area contributed by atoms with Crippen molar-refractivity contribution in [2.24, 2.45) is 0 Å². The van der Waals surface area contributed by atoms with E-state index in [1.807, 2.05) is 53.7 Å². The molecule has 2 aromatic rings. The molecule has 120 valence electrons. The second kappa shape index (κ2) is 7.92. The van der Waals surface area contributed by atoms with Gasteiger partial charge in [-0.3, -0.25) is 4.94 Å². The van der Waals surface area contributed by atoms with E-state index in [1.54, 1.807) is 12.1 Å². The average molecular weight is 306 g/mol. The molecule has 1 nitrogen and oxygen atoms in total. The first kappa shape index (κ1) is 18.1. The van der Waals surface area contributed by atoms with Crippen LogP contribution in [-0.4, -0.2) is 0 Å². The van der Waals surface area contributed by atoms with E-state index in [2.05, 4.69) is 4.94 Å². The maximum absolute atomic E-state index is 12.4. The Bertz CT molecular complexity index is 602. The summed E-state index contributed by atoms with van der Waals surface area (Å²) in [6, 6.07) is 7.40. The van der Waals surface area contributed by atoms with Crippen LogP contribution >= 0.6 is 0 Å². The second-order valence-corrected chi connectivity index (χ2v) is 5.77. The van der Waals surface area contributed by atoms with E-state index in [0.717, 1.165) is 27.8 Å². The maximum atomic E-state index is 12.4. The van der Waals surface area contributed by atoms with Gasteiger partial charge in [0.1, 0.15) is 6.67 Å². The predicted octanol–water partition coefficient (Wildman–Crippen LogP) is 5.96. The van der Waals surface area contributed by atoms with Gasteiger partial charge in [0.15, 0.2) is 5.75 Å². The standard InChI is InChI=1S/C10H13F.C9H11FO/c1-7-4-8(2)10(6-11)9(3)5-7;1-6-4-9(11-10)5-7(2)8(6)3/h4-5H,6H2,1-3H3;4-5H,1-3H3. The third kappa shape index (κ3) is 4.55. The smallest absolute Gasteiger partial charge is 0.172 e. The van der Waals surface area contributed by atoms with Crippen molar-refractivity contribution in [2.75, 3.05) is 0 Å². The molecular weight excluding hydrogens is 282 g/mol. The molecule has 0 bridgehead atoms. The molecule has 0 atom stereocenters. The molecule has 0 fully saturated rings. The van der Waals surface area contributed by atoms with E-state index in [9.17, 15) is 8.92 Å². The summed E-state index contributed by atoms with van der Waals surface area (Å²) in [6.07, 6.45) is 0. The summed E-state index contributed by atoms with van der Waals surface area (Å²) in [7, 11) is 0. The zero-order valence-electron chi connectivity index (χ0n) is 14.2. The van der Waals surface area contributed by atoms with Crippen LogP contribution in [0.3, 0.4) is 0 Å². The van der Waals surface area contributed by atoms with Gasteiger partial charge in [-0.2, -0.15) is 0 Å². The molecule has 0 amide bonds. The summed E-state index contributed by atoms with van der Waals surface area (Å²) in [6.45, 7) is 11.5. The van der Waals surface area contributed by atoms with Crippen LogP contribution < -0.4 is 4.94 Å². The molecule has 0 N–H and O–H groups in total. The fraction of sp³-hybridized carbons (Fsp3) is 0.368. The Morgan fingerprint density at radius 1 is 0.773 bits per heavy atom.